The number of hydrogen-bond donors (Lipinski definition) is 1. The Morgan fingerprint density at radius 3 is 2.63 bits per heavy atom. The average Bonchev–Trinajstić information content (AvgIpc) is 3.47. The molecular formula is C24H26BrN5O5. The van der Waals surface area contributed by atoms with Crippen LogP contribution in [0.3, 0.4) is 0 Å². The number of azo groups is 1. The van der Waals surface area contributed by atoms with Crippen molar-refractivity contribution < 1.29 is 24.2 Å². The van der Waals surface area contributed by atoms with Crippen LogP contribution in [0.1, 0.15) is 18.4 Å². The predicted octanol–water partition coefficient (Wildman–Crippen LogP) is 4.84. The summed E-state index contributed by atoms with van der Waals surface area (Å²) in [5, 5.41) is 23.1. The highest BCUT2D eigenvalue weighted by atomic mass is 79.9. The molecule has 2 heterocycles. The van der Waals surface area contributed by atoms with E-state index in [-0.39, 0.29) is 11.6 Å². The molecule has 1 saturated heterocycles. The molecule has 4 rings (SSSR count). The number of likely N-dealkylation sites (tertiary alicyclic amines) is 1. The first-order valence-electron chi connectivity index (χ1n) is 11.0. The number of benzene rings is 2. The van der Waals surface area contributed by atoms with Gasteiger partial charge in [0, 0.05) is 15.4 Å². The first-order chi connectivity index (χ1) is 17.0. The van der Waals surface area contributed by atoms with Crippen LogP contribution in [0, 0.1) is 0 Å². The molecule has 35 heavy (non-hydrogen) atoms. The minimum absolute atomic E-state index is 0.0334. The molecule has 0 unspecified atom stereocenters. The molecule has 2 aromatic carbocycles. The standard InChI is InChI=1S/C24H26BrN5O5/c1-33-20-8-5-16(11-21(20)34-2)13-26-35-14-22(31)27-28-23-18-12-17(25)6-7-19(18)30(24(23)32)15-29-9-3-4-10-29/h5-8,11-13,32H,3-4,9-10,14-15H2,1-2H3/b26-13+,28-27?. The monoisotopic (exact) mass is 543 g/mol. The smallest absolute Gasteiger partial charge is 0.304 e. The fraction of sp³-hybridized carbons (Fsp3) is 0.333. The number of amides is 1. The van der Waals surface area contributed by atoms with Crippen LogP contribution >= 0.6 is 15.9 Å². The van der Waals surface area contributed by atoms with Gasteiger partial charge in [-0.15, -0.1) is 10.2 Å². The van der Waals surface area contributed by atoms with E-state index < -0.39 is 12.5 Å². The van der Waals surface area contributed by atoms with Gasteiger partial charge in [-0.2, -0.15) is 0 Å². The topological polar surface area (TPSA) is 110 Å². The largest absolute Gasteiger partial charge is 0.493 e. The van der Waals surface area contributed by atoms with Crippen molar-refractivity contribution in [2.45, 2.75) is 19.5 Å². The van der Waals surface area contributed by atoms with Crippen LogP contribution in [0.2, 0.25) is 0 Å². The molecule has 1 N–H and O–H groups in total. The molecule has 1 amide bonds. The summed E-state index contributed by atoms with van der Waals surface area (Å²) >= 11 is 3.46. The molecule has 10 nitrogen and oxygen atoms in total. The van der Waals surface area contributed by atoms with Crippen molar-refractivity contribution in [3.05, 3.63) is 46.4 Å². The van der Waals surface area contributed by atoms with Gasteiger partial charge in [0.2, 0.25) is 5.88 Å². The third kappa shape index (κ3) is 5.80. The number of nitrogens with zero attached hydrogens (tertiary/aromatic N) is 5. The van der Waals surface area contributed by atoms with Gasteiger partial charge in [-0.05, 0) is 62.3 Å². The van der Waals surface area contributed by atoms with Crippen molar-refractivity contribution in [1.29, 1.82) is 0 Å². The van der Waals surface area contributed by atoms with Gasteiger partial charge in [0.25, 0.3) is 0 Å². The summed E-state index contributed by atoms with van der Waals surface area (Å²) in [7, 11) is 3.10. The summed E-state index contributed by atoms with van der Waals surface area (Å²) in [6, 6.07) is 10.9. The molecule has 0 radical (unpaired) electrons. The van der Waals surface area contributed by atoms with E-state index in [9.17, 15) is 9.90 Å². The number of aromatic nitrogens is 1. The number of rotatable bonds is 9. The number of fused-ring (bicyclic) bond motifs is 1. The lowest BCUT2D eigenvalue weighted by Crippen LogP contribution is -2.22. The lowest BCUT2D eigenvalue weighted by atomic mass is 10.2. The highest BCUT2D eigenvalue weighted by molar-refractivity contribution is 9.10. The Morgan fingerprint density at radius 2 is 1.89 bits per heavy atom. The number of carbonyl (C=O) groups excluding carboxylic acids is 1. The normalized spacial score (nSPS) is 14.4. The zero-order valence-corrected chi connectivity index (χ0v) is 21.1. The fourth-order valence-electron chi connectivity index (χ4n) is 3.92. The van der Waals surface area contributed by atoms with E-state index in [2.05, 4.69) is 36.2 Å². The van der Waals surface area contributed by atoms with Gasteiger partial charge in [-0.3, -0.25) is 14.3 Å². The van der Waals surface area contributed by atoms with Crippen molar-refractivity contribution in [3.63, 3.8) is 0 Å². The third-order valence-corrected chi connectivity index (χ3v) is 6.14. The van der Waals surface area contributed by atoms with Crippen LogP contribution in [0.15, 0.2) is 56.3 Å². The maximum atomic E-state index is 12.2. The quantitative estimate of drug-likeness (QED) is 0.235. The Bertz CT molecular complexity index is 1270. The van der Waals surface area contributed by atoms with Crippen molar-refractivity contribution in [2.24, 2.45) is 15.4 Å². The maximum Gasteiger partial charge on any atom is 0.304 e. The van der Waals surface area contributed by atoms with E-state index >= 15 is 0 Å². The fourth-order valence-corrected chi connectivity index (χ4v) is 4.28. The van der Waals surface area contributed by atoms with Crippen molar-refractivity contribution in [1.82, 2.24) is 9.47 Å². The number of ether oxygens (including phenoxy) is 2. The van der Waals surface area contributed by atoms with E-state index in [1.165, 1.54) is 6.21 Å². The first-order valence-corrected chi connectivity index (χ1v) is 11.8. The van der Waals surface area contributed by atoms with Crippen LogP contribution in [0.5, 0.6) is 17.4 Å². The molecule has 11 heteroatoms. The van der Waals surface area contributed by atoms with Gasteiger partial charge in [-0.25, -0.2) is 0 Å². The second kappa shape index (κ2) is 11.3. The van der Waals surface area contributed by atoms with E-state index in [0.29, 0.717) is 29.1 Å². The Hall–Kier alpha value is -3.44. The Balaban J connectivity index is 1.43. The maximum absolute atomic E-state index is 12.2. The lowest BCUT2D eigenvalue weighted by Gasteiger charge is -2.17. The molecule has 0 saturated carbocycles. The van der Waals surface area contributed by atoms with E-state index in [1.54, 1.807) is 37.0 Å². The van der Waals surface area contributed by atoms with Crippen molar-refractivity contribution >= 4 is 44.6 Å². The van der Waals surface area contributed by atoms with Crippen LogP contribution in [-0.2, 0) is 16.3 Å². The minimum Gasteiger partial charge on any atom is -0.493 e. The summed E-state index contributed by atoms with van der Waals surface area (Å²) < 4.78 is 13.1. The molecule has 3 aromatic rings. The second-order valence-corrected chi connectivity index (χ2v) is 8.86. The molecule has 1 aliphatic heterocycles. The summed E-state index contributed by atoms with van der Waals surface area (Å²) in [6.07, 6.45) is 3.73. The minimum atomic E-state index is -0.635. The number of aromatic hydroxyl groups is 1. The van der Waals surface area contributed by atoms with E-state index in [0.717, 1.165) is 35.9 Å². The van der Waals surface area contributed by atoms with Crippen molar-refractivity contribution in [3.8, 4) is 17.4 Å². The molecule has 0 bridgehead atoms. The summed E-state index contributed by atoms with van der Waals surface area (Å²) in [5.74, 6) is 0.480. The van der Waals surface area contributed by atoms with Gasteiger partial charge in [0.15, 0.2) is 23.8 Å². The van der Waals surface area contributed by atoms with Gasteiger partial charge in [-0.1, -0.05) is 21.1 Å². The Morgan fingerprint density at radius 1 is 1.11 bits per heavy atom. The van der Waals surface area contributed by atoms with E-state index in [4.69, 9.17) is 14.3 Å². The zero-order chi connectivity index (χ0) is 24.8. The van der Waals surface area contributed by atoms with E-state index in [1.807, 2.05) is 18.2 Å². The first kappa shape index (κ1) is 24.7. The Kier molecular flexibility index (Phi) is 7.98. The Labute approximate surface area is 210 Å². The number of halogens is 1. The highest BCUT2D eigenvalue weighted by Gasteiger charge is 2.20. The number of carbonyl (C=O) groups is 1. The molecule has 0 spiro atoms. The molecule has 184 valence electrons. The molecule has 0 aliphatic carbocycles. The average molecular weight is 544 g/mol. The molecular weight excluding hydrogens is 518 g/mol. The number of hydrogen-bond acceptors (Lipinski definition) is 8. The van der Waals surface area contributed by atoms with Gasteiger partial charge in [0.05, 0.1) is 32.6 Å². The van der Waals surface area contributed by atoms with Crippen molar-refractivity contribution in [2.75, 3.05) is 33.9 Å². The van der Waals surface area contributed by atoms with Gasteiger partial charge in [0.1, 0.15) is 0 Å². The predicted molar refractivity (Wildman–Crippen MR) is 135 cm³/mol. The van der Waals surface area contributed by atoms with Crippen LogP contribution in [0.25, 0.3) is 10.9 Å². The number of oxime groups is 1. The van der Waals surface area contributed by atoms with Crippen LogP contribution < -0.4 is 9.47 Å². The molecule has 1 aromatic heterocycles. The van der Waals surface area contributed by atoms with Gasteiger partial charge >= 0.3 is 5.91 Å². The molecule has 1 fully saturated rings. The summed E-state index contributed by atoms with van der Waals surface area (Å²) in [5.41, 5.74) is 1.76. The molecule has 1 aliphatic rings. The number of methoxy groups -OCH3 is 2. The van der Waals surface area contributed by atoms with Gasteiger partial charge < -0.3 is 19.4 Å². The zero-order valence-electron chi connectivity index (χ0n) is 19.5. The lowest BCUT2D eigenvalue weighted by molar-refractivity contribution is -0.122. The SMILES string of the molecule is COc1ccc(/C=N/OCC(=O)N=Nc2c(O)n(CN3CCCC3)c3ccc(Br)cc23)cc1OC. The molecule has 0 atom stereocenters. The van der Waals surface area contributed by atoms with Crippen LogP contribution in [0.4, 0.5) is 5.69 Å². The third-order valence-electron chi connectivity index (χ3n) is 5.65. The van der Waals surface area contributed by atoms with Crippen LogP contribution in [-0.4, -0.2) is 60.6 Å². The summed E-state index contributed by atoms with van der Waals surface area (Å²) in [6.45, 7) is 2.10. The second-order valence-electron chi connectivity index (χ2n) is 7.94. The highest BCUT2D eigenvalue weighted by Crippen LogP contribution is 2.40. The summed E-state index contributed by atoms with van der Waals surface area (Å²) in [4.78, 5) is 19.5.